The minimum Gasteiger partial charge on any atom is -0.398 e. The van der Waals surface area contributed by atoms with Gasteiger partial charge in [-0.2, -0.15) is 4.57 Å². The van der Waals surface area contributed by atoms with Gasteiger partial charge in [-0.3, -0.25) is 0 Å². The van der Waals surface area contributed by atoms with Crippen LogP contribution in [0.15, 0.2) is 48.5 Å². The van der Waals surface area contributed by atoms with Gasteiger partial charge in [-0.25, -0.2) is 0 Å². The lowest BCUT2D eigenvalue weighted by Crippen LogP contribution is -2.28. The first-order chi connectivity index (χ1) is 8.27. The van der Waals surface area contributed by atoms with Gasteiger partial charge < -0.3 is 5.73 Å². The summed E-state index contributed by atoms with van der Waals surface area (Å²) in [6.07, 6.45) is 0. The Labute approximate surface area is 104 Å². The number of thiazole rings is 1. The number of aromatic nitrogens is 1. The first-order valence-electron chi connectivity index (χ1n) is 5.50. The van der Waals surface area contributed by atoms with Gasteiger partial charge in [-0.05, 0) is 18.2 Å². The molecule has 1 aromatic heterocycles. The lowest BCUT2D eigenvalue weighted by Gasteiger charge is -1.98. The van der Waals surface area contributed by atoms with E-state index < -0.39 is 0 Å². The van der Waals surface area contributed by atoms with Gasteiger partial charge in [0.1, 0.15) is 11.7 Å². The number of hydrogen-bond donors (Lipinski definition) is 1. The highest BCUT2D eigenvalue weighted by Crippen LogP contribution is 2.31. The third-order valence-electron chi connectivity index (χ3n) is 2.93. The van der Waals surface area contributed by atoms with Crippen molar-refractivity contribution < 1.29 is 4.57 Å². The number of rotatable bonds is 1. The minimum atomic E-state index is 0.828. The number of nitrogens with zero attached hydrogens (tertiary/aromatic N) is 1. The van der Waals surface area contributed by atoms with E-state index >= 15 is 0 Å². The Bertz CT molecular complexity index is 686. The molecule has 0 unspecified atom stereocenters. The molecule has 17 heavy (non-hydrogen) atoms. The maximum absolute atomic E-state index is 6.04. The van der Waals surface area contributed by atoms with E-state index in [2.05, 4.69) is 41.9 Å². The number of hydrogen-bond acceptors (Lipinski definition) is 2. The normalized spacial score (nSPS) is 10.9. The molecule has 2 aromatic carbocycles. The summed E-state index contributed by atoms with van der Waals surface area (Å²) in [4.78, 5) is 0. The maximum Gasteiger partial charge on any atom is 0.271 e. The van der Waals surface area contributed by atoms with Crippen LogP contribution in [-0.4, -0.2) is 0 Å². The average Bonchev–Trinajstić information content (AvgIpc) is 2.68. The molecule has 2 nitrogen and oxygen atoms in total. The summed E-state index contributed by atoms with van der Waals surface area (Å²) in [6, 6.07) is 16.4. The van der Waals surface area contributed by atoms with Gasteiger partial charge in [0.2, 0.25) is 5.52 Å². The van der Waals surface area contributed by atoms with Crippen molar-refractivity contribution in [1.29, 1.82) is 0 Å². The maximum atomic E-state index is 6.04. The lowest BCUT2D eigenvalue weighted by atomic mass is 10.2. The summed E-state index contributed by atoms with van der Waals surface area (Å²) in [5, 5.41) is 1.20. The molecule has 3 rings (SSSR count). The number of aryl methyl sites for hydroxylation is 1. The Balaban J connectivity index is 2.32. The fraction of sp³-hybridized carbons (Fsp3) is 0.0714. The van der Waals surface area contributed by atoms with Gasteiger partial charge in [0.05, 0.1) is 5.56 Å². The molecule has 84 valence electrons. The first kappa shape index (κ1) is 10.3. The summed E-state index contributed by atoms with van der Waals surface area (Å²) in [5.41, 5.74) is 9.22. The van der Waals surface area contributed by atoms with E-state index in [1.54, 1.807) is 11.3 Å². The first-order valence-corrected chi connectivity index (χ1v) is 6.31. The second-order valence-corrected chi connectivity index (χ2v) is 5.05. The van der Waals surface area contributed by atoms with Gasteiger partial charge in [-0.15, -0.1) is 0 Å². The van der Waals surface area contributed by atoms with Crippen LogP contribution < -0.4 is 10.3 Å². The van der Waals surface area contributed by atoms with Crippen LogP contribution in [0.4, 0.5) is 5.69 Å². The second kappa shape index (κ2) is 3.86. The summed E-state index contributed by atoms with van der Waals surface area (Å²) in [7, 11) is 2.08. The van der Waals surface area contributed by atoms with Crippen LogP contribution in [0.5, 0.6) is 0 Å². The van der Waals surface area contributed by atoms with Crippen LogP contribution in [0.1, 0.15) is 0 Å². The van der Waals surface area contributed by atoms with Crippen molar-refractivity contribution in [2.75, 3.05) is 5.73 Å². The van der Waals surface area contributed by atoms with Crippen LogP contribution in [0.2, 0.25) is 0 Å². The minimum absolute atomic E-state index is 0.828. The molecule has 0 saturated carbocycles. The standard InChI is InChI=1S/C14H12N2S/c1-16-12-8-4-5-9-13(12)17-14(16)10-6-2-3-7-11(10)15/h2-9,15H,1H3/p+1. The van der Waals surface area contributed by atoms with Gasteiger partial charge in [-0.1, -0.05) is 35.6 Å². The Morgan fingerprint density at radius 1 is 1.00 bits per heavy atom. The smallest absolute Gasteiger partial charge is 0.271 e. The molecule has 3 aromatic rings. The Morgan fingerprint density at radius 3 is 2.47 bits per heavy atom. The molecule has 2 N–H and O–H groups in total. The highest BCUT2D eigenvalue weighted by atomic mass is 32.1. The van der Waals surface area contributed by atoms with Gasteiger partial charge in [0.15, 0.2) is 0 Å². The second-order valence-electron chi connectivity index (χ2n) is 4.02. The third-order valence-corrected chi connectivity index (χ3v) is 4.18. The molecule has 0 aliphatic rings. The summed E-state index contributed by atoms with van der Waals surface area (Å²) >= 11 is 1.77. The largest absolute Gasteiger partial charge is 0.398 e. The molecule has 0 saturated heterocycles. The zero-order valence-electron chi connectivity index (χ0n) is 9.55. The molecule has 0 aliphatic carbocycles. The van der Waals surface area contributed by atoms with E-state index in [-0.39, 0.29) is 0 Å². The Hall–Kier alpha value is -1.87. The van der Waals surface area contributed by atoms with Crippen molar-refractivity contribution in [3.05, 3.63) is 48.5 Å². The van der Waals surface area contributed by atoms with Crippen molar-refractivity contribution in [3.63, 3.8) is 0 Å². The van der Waals surface area contributed by atoms with Crippen LogP contribution in [0, 0.1) is 0 Å². The van der Waals surface area contributed by atoms with Crippen molar-refractivity contribution >= 4 is 27.2 Å². The van der Waals surface area contributed by atoms with Crippen LogP contribution >= 0.6 is 11.3 Å². The molecule has 0 atom stereocenters. The SMILES string of the molecule is C[n+]1c(-c2ccccc2N)sc2ccccc21. The number of benzene rings is 2. The molecule has 1 heterocycles. The quantitative estimate of drug-likeness (QED) is 0.515. The van der Waals surface area contributed by atoms with Crippen molar-refractivity contribution in [2.45, 2.75) is 0 Å². The Kier molecular flexibility index (Phi) is 2.34. The molecule has 0 bridgehead atoms. The van der Waals surface area contributed by atoms with E-state index in [4.69, 9.17) is 5.73 Å². The fourth-order valence-electron chi connectivity index (χ4n) is 2.03. The van der Waals surface area contributed by atoms with E-state index in [0.717, 1.165) is 11.3 Å². The number of fused-ring (bicyclic) bond motifs is 1. The van der Waals surface area contributed by atoms with E-state index in [0.29, 0.717) is 0 Å². The number of anilines is 1. The van der Waals surface area contributed by atoms with E-state index in [9.17, 15) is 0 Å². The summed E-state index contributed by atoms with van der Waals surface area (Å²) in [5.74, 6) is 0. The number of nitrogens with two attached hydrogens (primary N) is 1. The molecule has 0 amide bonds. The highest BCUT2D eigenvalue weighted by molar-refractivity contribution is 7.21. The highest BCUT2D eigenvalue weighted by Gasteiger charge is 2.19. The number of para-hydroxylation sites is 2. The van der Waals surface area contributed by atoms with Crippen molar-refractivity contribution in [3.8, 4) is 10.6 Å². The zero-order valence-corrected chi connectivity index (χ0v) is 10.4. The zero-order chi connectivity index (χ0) is 11.8. The molecule has 0 aliphatic heterocycles. The van der Waals surface area contributed by atoms with Gasteiger partial charge in [0, 0.05) is 11.8 Å². The molecule has 0 spiro atoms. The summed E-state index contributed by atoms with van der Waals surface area (Å²) in [6.45, 7) is 0. The van der Waals surface area contributed by atoms with E-state index in [1.165, 1.54) is 15.2 Å². The Morgan fingerprint density at radius 2 is 1.71 bits per heavy atom. The predicted molar refractivity (Wildman–Crippen MR) is 72.8 cm³/mol. The van der Waals surface area contributed by atoms with Crippen molar-refractivity contribution in [1.82, 2.24) is 0 Å². The van der Waals surface area contributed by atoms with Crippen LogP contribution in [0.25, 0.3) is 20.8 Å². The fourth-order valence-corrected chi connectivity index (χ4v) is 3.23. The predicted octanol–water partition coefficient (Wildman–Crippen LogP) is 2.98. The van der Waals surface area contributed by atoms with Gasteiger partial charge >= 0.3 is 0 Å². The molecule has 3 heteroatoms. The lowest BCUT2D eigenvalue weighted by molar-refractivity contribution is -0.629. The third kappa shape index (κ3) is 1.59. The molecular weight excluding hydrogens is 228 g/mol. The van der Waals surface area contributed by atoms with E-state index in [1.807, 2.05) is 18.2 Å². The van der Waals surface area contributed by atoms with Crippen LogP contribution in [0.3, 0.4) is 0 Å². The topological polar surface area (TPSA) is 29.9 Å². The van der Waals surface area contributed by atoms with Crippen molar-refractivity contribution in [2.24, 2.45) is 7.05 Å². The average molecular weight is 241 g/mol. The summed E-state index contributed by atoms with van der Waals surface area (Å²) < 4.78 is 3.49. The molecule has 0 fully saturated rings. The van der Waals surface area contributed by atoms with Gasteiger partial charge in [0.25, 0.3) is 5.01 Å². The molecular formula is C14H13N2S+. The molecule has 0 radical (unpaired) electrons. The van der Waals surface area contributed by atoms with Crippen LogP contribution in [-0.2, 0) is 7.05 Å². The monoisotopic (exact) mass is 241 g/mol. The number of nitrogen functional groups attached to an aromatic ring is 1.